The highest BCUT2D eigenvalue weighted by Gasteiger charge is 2.24. The molecule has 1 aromatic heterocycles. The average Bonchev–Trinajstić information content (AvgIpc) is 3.08. The van der Waals surface area contributed by atoms with E-state index in [1.807, 2.05) is 18.2 Å². The van der Waals surface area contributed by atoms with Gasteiger partial charge in [0.25, 0.3) is 5.91 Å². The first-order valence-corrected chi connectivity index (χ1v) is 10.1. The van der Waals surface area contributed by atoms with Crippen LogP contribution in [0.5, 0.6) is 11.5 Å². The average molecular weight is 436 g/mol. The van der Waals surface area contributed by atoms with Crippen LogP contribution in [0.3, 0.4) is 0 Å². The van der Waals surface area contributed by atoms with Crippen molar-refractivity contribution >= 4 is 23.5 Å². The Morgan fingerprint density at radius 2 is 1.59 bits per heavy atom. The molecule has 0 fully saturated rings. The Morgan fingerprint density at radius 1 is 0.906 bits per heavy atom. The molecular weight excluding hydrogens is 412 g/mol. The van der Waals surface area contributed by atoms with Crippen LogP contribution in [0.4, 0.5) is 5.69 Å². The fraction of sp³-hybridized carbons (Fsp3) is 0.208. The number of aromatic nitrogens is 1. The van der Waals surface area contributed by atoms with E-state index in [0.29, 0.717) is 28.4 Å². The number of anilines is 1. The Balaban J connectivity index is 1.64. The maximum atomic E-state index is 12.5. The third kappa shape index (κ3) is 5.34. The van der Waals surface area contributed by atoms with Crippen LogP contribution in [0.2, 0.25) is 0 Å². The van der Waals surface area contributed by atoms with Crippen molar-refractivity contribution in [2.75, 3.05) is 18.5 Å². The lowest BCUT2D eigenvalue weighted by molar-refractivity contribution is -0.119. The first-order chi connectivity index (χ1) is 15.4. The summed E-state index contributed by atoms with van der Waals surface area (Å²) in [4.78, 5) is 39.8. The standard InChI is InChI=1S/C24H24N2O6/c1-4-30-24(29)22-15(2)21(16(3)25-22)23(28)31-14-20(27)26-18-12-8-9-13-19(18)32-17-10-6-5-7-11-17/h5-13,25H,4,14H2,1-3H3,(H,26,27). The fourth-order valence-corrected chi connectivity index (χ4v) is 3.13. The van der Waals surface area contributed by atoms with Gasteiger partial charge < -0.3 is 24.5 Å². The fourth-order valence-electron chi connectivity index (χ4n) is 3.13. The SMILES string of the molecule is CCOC(=O)c1[nH]c(C)c(C(=O)OCC(=O)Nc2ccccc2Oc2ccccc2)c1C. The molecule has 32 heavy (non-hydrogen) atoms. The number of aryl methyl sites for hydroxylation is 1. The minimum Gasteiger partial charge on any atom is -0.461 e. The van der Waals surface area contributed by atoms with Crippen LogP contribution < -0.4 is 10.1 Å². The predicted molar refractivity (Wildman–Crippen MR) is 118 cm³/mol. The quantitative estimate of drug-likeness (QED) is 0.507. The molecule has 0 aliphatic carbocycles. The van der Waals surface area contributed by atoms with Crippen LogP contribution in [-0.4, -0.2) is 36.0 Å². The van der Waals surface area contributed by atoms with E-state index in [-0.39, 0.29) is 17.9 Å². The van der Waals surface area contributed by atoms with E-state index in [1.165, 1.54) is 0 Å². The number of para-hydroxylation sites is 3. The number of carbonyl (C=O) groups excluding carboxylic acids is 3. The second-order valence-corrected chi connectivity index (χ2v) is 6.88. The number of esters is 2. The van der Waals surface area contributed by atoms with E-state index in [1.54, 1.807) is 57.2 Å². The second-order valence-electron chi connectivity index (χ2n) is 6.88. The number of rotatable bonds is 8. The predicted octanol–water partition coefficient (Wildman–Crippen LogP) is 4.40. The minimum atomic E-state index is -0.712. The summed E-state index contributed by atoms with van der Waals surface area (Å²) < 4.78 is 16.0. The molecule has 8 heteroatoms. The van der Waals surface area contributed by atoms with E-state index in [4.69, 9.17) is 14.2 Å². The first-order valence-electron chi connectivity index (χ1n) is 10.1. The van der Waals surface area contributed by atoms with E-state index in [0.717, 1.165) is 0 Å². The molecule has 1 heterocycles. The molecule has 0 radical (unpaired) electrons. The van der Waals surface area contributed by atoms with Crippen LogP contribution in [0.1, 0.15) is 39.0 Å². The molecule has 2 N–H and O–H groups in total. The molecule has 0 saturated carbocycles. The highest BCUT2D eigenvalue weighted by atomic mass is 16.5. The van der Waals surface area contributed by atoms with Gasteiger partial charge in [0.1, 0.15) is 11.4 Å². The number of benzene rings is 2. The zero-order chi connectivity index (χ0) is 23.1. The number of aromatic amines is 1. The third-order valence-corrected chi connectivity index (χ3v) is 4.59. The van der Waals surface area contributed by atoms with Crippen molar-refractivity contribution in [3.05, 3.63) is 77.1 Å². The van der Waals surface area contributed by atoms with Crippen LogP contribution in [-0.2, 0) is 14.3 Å². The molecule has 3 aromatic rings. The first kappa shape index (κ1) is 22.6. The summed E-state index contributed by atoms with van der Waals surface area (Å²) in [7, 11) is 0. The number of H-pyrrole nitrogens is 1. The normalized spacial score (nSPS) is 10.3. The smallest absolute Gasteiger partial charge is 0.355 e. The lowest BCUT2D eigenvalue weighted by Gasteiger charge is -2.12. The van der Waals surface area contributed by atoms with Gasteiger partial charge in [0, 0.05) is 5.69 Å². The Hall–Kier alpha value is -4.07. The van der Waals surface area contributed by atoms with Gasteiger partial charge in [-0.05, 0) is 50.6 Å². The van der Waals surface area contributed by atoms with E-state index in [2.05, 4.69) is 10.3 Å². The van der Waals surface area contributed by atoms with Crippen molar-refractivity contribution in [1.82, 2.24) is 4.98 Å². The summed E-state index contributed by atoms with van der Waals surface area (Å²) in [5, 5.41) is 2.68. The lowest BCUT2D eigenvalue weighted by Crippen LogP contribution is -2.21. The van der Waals surface area contributed by atoms with Gasteiger partial charge in [-0.3, -0.25) is 4.79 Å². The van der Waals surface area contributed by atoms with Crippen LogP contribution in [0.25, 0.3) is 0 Å². The molecule has 3 rings (SSSR count). The van der Waals surface area contributed by atoms with Crippen LogP contribution in [0.15, 0.2) is 54.6 Å². The molecule has 8 nitrogen and oxygen atoms in total. The van der Waals surface area contributed by atoms with Crippen molar-refractivity contribution in [1.29, 1.82) is 0 Å². The minimum absolute atomic E-state index is 0.188. The van der Waals surface area contributed by atoms with Crippen molar-refractivity contribution < 1.29 is 28.6 Å². The number of amides is 1. The van der Waals surface area contributed by atoms with Gasteiger partial charge in [0.2, 0.25) is 0 Å². The lowest BCUT2D eigenvalue weighted by atomic mass is 10.1. The zero-order valence-corrected chi connectivity index (χ0v) is 18.1. The Bertz CT molecular complexity index is 1120. The molecule has 0 bridgehead atoms. The van der Waals surface area contributed by atoms with Crippen LogP contribution >= 0.6 is 0 Å². The van der Waals surface area contributed by atoms with Gasteiger partial charge in [-0.1, -0.05) is 30.3 Å². The molecule has 0 spiro atoms. The molecule has 0 atom stereocenters. The van der Waals surface area contributed by atoms with Gasteiger partial charge in [-0.15, -0.1) is 0 Å². The Labute approximate surface area is 185 Å². The molecule has 0 aliphatic heterocycles. The number of ether oxygens (including phenoxy) is 3. The zero-order valence-electron chi connectivity index (χ0n) is 18.1. The van der Waals surface area contributed by atoms with E-state index < -0.39 is 24.5 Å². The summed E-state index contributed by atoms with van der Waals surface area (Å²) in [6.07, 6.45) is 0. The van der Waals surface area contributed by atoms with Gasteiger partial charge in [-0.25, -0.2) is 9.59 Å². The summed E-state index contributed by atoms with van der Waals surface area (Å²) in [5.41, 5.74) is 1.70. The summed E-state index contributed by atoms with van der Waals surface area (Å²) in [6.45, 7) is 4.66. The summed E-state index contributed by atoms with van der Waals surface area (Å²) in [5.74, 6) is -0.721. The Kier molecular flexibility index (Phi) is 7.28. The third-order valence-electron chi connectivity index (χ3n) is 4.59. The highest BCUT2D eigenvalue weighted by molar-refractivity contribution is 6.00. The molecule has 1 amide bonds. The largest absolute Gasteiger partial charge is 0.461 e. The topological polar surface area (TPSA) is 107 Å². The molecule has 0 unspecified atom stereocenters. The van der Waals surface area contributed by atoms with Gasteiger partial charge in [0.05, 0.1) is 17.9 Å². The molecule has 0 aliphatic rings. The number of carbonyl (C=O) groups is 3. The second kappa shape index (κ2) is 10.3. The molecule has 166 valence electrons. The van der Waals surface area contributed by atoms with Gasteiger partial charge in [0.15, 0.2) is 12.4 Å². The van der Waals surface area contributed by atoms with E-state index in [9.17, 15) is 14.4 Å². The maximum Gasteiger partial charge on any atom is 0.355 e. The van der Waals surface area contributed by atoms with Crippen molar-refractivity contribution in [3.63, 3.8) is 0 Å². The van der Waals surface area contributed by atoms with Gasteiger partial charge >= 0.3 is 11.9 Å². The van der Waals surface area contributed by atoms with Crippen molar-refractivity contribution in [2.24, 2.45) is 0 Å². The van der Waals surface area contributed by atoms with Crippen molar-refractivity contribution in [2.45, 2.75) is 20.8 Å². The Morgan fingerprint density at radius 3 is 2.31 bits per heavy atom. The molecule has 2 aromatic carbocycles. The summed E-state index contributed by atoms with van der Waals surface area (Å²) in [6, 6.07) is 16.1. The van der Waals surface area contributed by atoms with Crippen molar-refractivity contribution in [3.8, 4) is 11.5 Å². The summed E-state index contributed by atoms with van der Waals surface area (Å²) >= 11 is 0. The highest BCUT2D eigenvalue weighted by Crippen LogP contribution is 2.29. The number of hydrogen-bond donors (Lipinski definition) is 2. The van der Waals surface area contributed by atoms with E-state index >= 15 is 0 Å². The maximum absolute atomic E-state index is 12.5. The van der Waals surface area contributed by atoms with Gasteiger partial charge in [-0.2, -0.15) is 0 Å². The monoisotopic (exact) mass is 436 g/mol. The number of hydrogen-bond acceptors (Lipinski definition) is 6. The molecular formula is C24H24N2O6. The molecule has 0 saturated heterocycles. The van der Waals surface area contributed by atoms with Crippen LogP contribution in [0, 0.1) is 13.8 Å². The number of nitrogens with one attached hydrogen (secondary N) is 2.